The van der Waals surface area contributed by atoms with Crippen LogP contribution in [0.15, 0.2) is 0 Å². The van der Waals surface area contributed by atoms with Crippen LogP contribution in [0, 0.1) is 17.8 Å². The second-order valence-electron chi connectivity index (χ2n) is 9.07. The number of carbonyl (C=O) groups is 2. The number of hydrogen-bond acceptors (Lipinski definition) is 11. The second kappa shape index (κ2) is 27.0. The van der Waals surface area contributed by atoms with Gasteiger partial charge in [-0.25, -0.2) is 4.79 Å². The molecule has 0 aromatic rings. The Morgan fingerprint density at radius 3 is 1.42 bits per heavy atom. The molecule has 0 aromatic heterocycles. The number of unbranched alkanes of at least 4 members (excludes halogenated alkanes) is 3. The monoisotopic (exact) mass is 558 g/mol. The lowest BCUT2D eigenvalue weighted by atomic mass is 10.0. The fourth-order valence-electron chi connectivity index (χ4n) is 3.02. The first-order valence-corrected chi connectivity index (χ1v) is 12.9. The Labute approximate surface area is 224 Å². The fraction of sp³-hybridized carbons (Fsp3) is 0.917. The van der Waals surface area contributed by atoms with Crippen LogP contribution in [0.4, 0.5) is 4.79 Å². The summed E-state index contributed by atoms with van der Waals surface area (Å²) in [7, 11) is 0. The van der Waals surface area contributed by atoms with Crippen LogP contribution >= 0.6 is 0 Å². The molecule has 0 radical (unpaired) electrons. The molecule has 0 aromatic carbocycles. The Kier molecular flexibility index (Phi) is 27.3. The van der Waals surface area contributed by atoms with E-state index in [1.807, 2.05) is 0 Å². The van der Waals surface area contributed by atoms with E-state index >= 15 is 0 Å². The first kappa shape index (κ1) is 38.5. The number of urea groups is 1. The van der Waals surface area contributed by atoms with E-state index in [1.165, 1.54) is 0 Å². The number of amides is 2. The van der Waals surface area contributed by atoms with Gasteiger partial charge < -0.3 is 60.6 Å². The maximum Gasteiger partial charge on any atom is 0.315 e. The summed E-state index contributed by atoms with van der Waals surface area (Å²) in [6.07, 6.45) is 3.98. The number of ether oxygens (including phenoxy) is 3. The molecule has 38 heavy (non-hydrogen) atoms. The molecule has 0 unspecified atom stereocenters. The second-order valence-corrected chi connectivity index (χ2v) is 9.07. The molecule has 14 heteroatoms. The third-order valence-electron chi connectivity index (χ3n) is 5.44. The molecule has 0 heterocycles. The van der Waals surface area contributed by atoms with Crippen LogP contribution < -0.4 is 10.6 Å². The van der Waals surface area contributed by atoms with Crippen LogP contribution in [0.1, 0.15) is 32.6 Å². The number of aliphatic hydroxyl groups excluding tert-OH is 6. The standard InChI is InChI=1S/C23H48N2O10.CH2O2/c1-2-3-4-5-6-24-22(32)25-23(16-33-13-19(7-26)8-27,17-34-14-20(9-28)10-29)18-35-15-21(11-30)12-31;2-1-3/h19-21,26-31H,2-18H2,1H3,(H2,24,25,32);1H,(H,2,3). The van der Waals surface area contributed by atoms with Crippen molar-refractivity contribution < 1.29 is 59.5 Å². The fourth-order valence-corrected chi connectivity index (χ4v) is 3.02. The molecule has 0 aliphatic carbocycles. The molecule has 14 nitrogen and oxygen atoms in total. The minimum absolute atomic E-state index is 0.0286. The molecule has 0 aliphatic rings. The van der Waals surface area contributed by atoms with E-state index in [9.17, 15) is 35.4 Å². The molecule has 228 valence electrons. The van der Waals surface area contributed by atoms with Gasteiger partial charge in [0.15, 0.2) is 0 Å². The van der Waals surface area contributed by atoms with Gasteiger partial charge in [-0.15, -0.1) is 0 Å². The van der Waals surface area contributed by atoms with Crippen LogP contribution in [0.25, 0.3) is 0 Å². The molecular formula is C24H50N2O12. The summed E-state index contributed by atoms with van der Waals surface area (Å²) in [5.41, 5.74) is -1.20. The third kappa shape index (κ3) is 20.4. The lowest BCUT2D eigenvalue weighted by molar-refractivity contribution is -0.122. The van der Waals surface area contributed by atoms with Gasteiger partial charge in [-0.3, -0.25) is 4.79 Å². The Balaban J connectivity index is 0. The molecule has 0 saturated heterocycles. The van der Waals surface area contributed by atoms with Crippen molar-refractivity contribution in [2.24, 2.45) is 17.8 Å². The van der Waals surface area contributed by atoms with Crippen LogP contribution in [-0.4, -0.2) is 140 Å². The van der Waals surface area contributed by atoms with Crippen molar-refractivity contribution in [1.82, 2.24) is 10.6 Å². The van der Waals surface area contributed by atoms with E-state index in [-0.39, 0.29) is 85.8 Å². The number of rotatable bonds is 24. The van der Waals surface area contributed by atoms with Gasteiger partial charge in [0.2, 0.25) is 0 Å². The van der Waals surface area contributed by atoms with Crippen LogP contribution in [0.5, 0.6) is 0 Å². The maximum absolute atomic E-state index is 12.7. The van der Waals surface area contributed by atoms with Gasteiger partial charge in [0.05, 0.1) is 79.3 Å². The first-order chi connectivity index (χ1) is 18.3. The van der Waals surface area contributed by atoms with Gasteiger partial charge in [0.1, 0.15) is 5.54 Å². The normalized spacial score (nSPS) is 11.5. The average Bonchev–Trinajstić information content (AvgIpc) is 2.92. The predicted molar refractivity (Wildman–Crippen MR) is 138 cm³/mol. The Bertz CT molecular complexity index is 487. The molecule has 9 N–H and O–H groups in total. The zero-order valence-electron chi connectivity index (χ0n) is 22.5. The Hall–Kier alpha value is -1.62. The zero-order chi connectivity index (χ0) is 29.1. The van der Waals surface area contributed by atoms with Gasteiger partial charge in [-0.05, 0) is 6.42 Å². The number of aliphatic hydroxyl groups is 6. The van der Waals surface area contributed by atoms with Crippen molar-refractivity contribution >= 4 is 12.5 Å². The molecule has 0 bridgehead atoms. The van der Waals surface area contributed by atoms with E-state index in [0.29, 0.717) is 6.54 Å². The predicted octanol–water partition coefficient (Wildman–Crippen LogP) is -1.84. The van der Waals surface area contributed by atoms with Gasteiger partial charge in [0, 0.05) is 24.3 Å². The number of nitrogens with one attached hydrogen (secondary N) is 2. The summed E-state index contributed by atoms with van der Waals surface area (Å²) in [5, 5.41) is 68.4. The highest BCUT2D eigenvalue weighted by molar-refractivity contribution is 5.74. The number of hydrogen-bond donors (Lipinski definition) is 9. The molecule has 0 saturated carbocycles. The molecular weight excluding hydrogens is 508 g/mol. The lowest BCUT2D eigenvalue weighted by Gasteiger charge is -2.35. The summed E-state index contributed by atoms with van der Waals surface area (Å²) >= 11 is 0. The van der Waals surface area contributed by atoms with Crippen LogP contribution in [0.2, 0.25) is 0 Å². The van der Waals surface area contributed by atoms with E-state index in [4.69, 9.17) is 24.1 Å². The lowest BCUT2D eigenvalue weighted by Crippen LogP contribution is -2.61. The smallest absolute Gasteiger partial charge is 0.315 e. The Morgan fingerprint density at radius 2 is 1.11 bits per heavy atom. The van der Waals surface area contributed by atoms with E-state index in [2.05, 4.69) is 17.6 Å². The van der Waals surface area contributed by atoms with Crippen LogP contribution in [-0.2, 0) is 19.0 Å². The van der Waals surface area contributed by atoms with Crippen molar-refractivity contribution in [2.75, 3.05) is 85.8 Å². The van der Waals surface area contributed by atoms with Crippen molar-refractivity contribution in [3.05, 3.63) is 0 Å². The first-order valence-electron chi connectivity index (χ1n) is 12.9. The highest BCUT2D eigenvalue weighted by Crippen LogP contribution is 2.12. The van der Waals surface area contributed by atoms with E-state index in [1.54, 1.807) is 0 Å². The average molecular weight is 559 g/mol. The molecule has 0 aliphatic heterocycles. The summed E-state index contributed by atoms with van der Waals surface area (Å²) in [4.78, 5) is 21.1. The highest BCUT2D eigenvalue weighted by Gasteiger charge is 2.34. The molecule has 2 amide bonds. The summed E-state index contributed by atoms with van der Waals surface area (Å²) in [5.74, 6) is -1.49. The van der Waals surface area contributed by atoms with E-state index in [0.717, 1.165) is 25.7 Å². The van der Waals surface area contributed by atoms with Crippen molar-refractivity contribution in [3.8, 4) is 0 Å². The number of carbonyl (C=O) groups excluding carboxylic acids is 1. The Morgan fingerprint density at radius 1 is 0.737 bits per heavy atom. The summed E-state index contributed by atoms with van der Waals surface area (Å²) in [6, 6.07) is -0.458. The largest absolute Gasteiger partial charge is 0.483 e. The van der Waals surface area contributed by atoms with Gasteiger partial charge in [0.25, 0.3) is 6.47 Å². The SMILES string of the molecule is CCCCCCNC(=O)NC(COCC(CO)CO)(COCC(CO)CO)COCC(CO)CO.O=CO. The van der Waals surface area contributed by atoms with Gasteiger partial charge in [-0.1, -0.05) is 26.2 Å². The molecule has 0 rings (SSSR count). The maximum atomic E-state index is 12.7. The summed E-state index contributed by atoms with van der Waals surface area (Å²) in [6.45, 7) is 0.530. The van der Waals surface area contributed by atoms with Gasteiger partial charge in [-0.2, -0.15) is 0 Å². The van der Waals surface area contributed by atoms with Crippen molar-refractivity contribution in [1.29, 1.82) is 0 Å². The zero-order valence-corrected chi connectivity index (χ0v) is 22.5. The minimum Gasteiger partial charge on any atom is -0.483 e. The minimum atomic E-state index is -1.20. The summed E-state index contributed by atoms with van der Waals surface area (Å²) < 4.78 is 17.1. The third-order valence-corrected chi connectivity index (χ3v) is 5.44. The quantitative estimate of drug-likeness (QED) is 0.0470. The van der Waals surface area contributed by atoms with Crippen molar-refractivity contribution in [3.63, 3.8) is 0 Å². The van der Waals surface area contributed by atoms with Crippen LogP contribution in [0.3, 0.4) is 0 Å². The topological polar surface area (TPSA) is 227 Å². The van der Waals surface area contributed by atoms with Gasteiger partial charge >= 0.3 is 6.03 Å². The van der Waals surface area contributed by atoms with Crippen molar-refractivity contribution in [2.45, 2.75) is 38.1 Å². The molecule has 0 atom stereocenters. The molecule has 0 fully saturated rings. The van der Waals surface area contributed by atoms with E-state index < -0.39 is 29.3 Å². The highest BCUT2D eigenvalue weighted by atomic mass is 16.5. The number of carboxylic acid groups (broad SMARTS) is 1. The molecule has 0 spiro atoms.